The first-order valence-corrected chi connectivity index (χ1v) is 9.02. The third kappa shape index (κ3) is 4.82. The van der Waals surface area contributed by atoms with Crippen molar-refractivity contribution < 1.29 is 13.9 Å². The second kappa shape index (κ2) is 8.81. The van der Waals surface area contributed by atoms with Crippen molar-refractivity contribution in [3.05, 3.63) is 65.5 Å². The predicted octanol–water partition coefficient (Wildman–Crippen LogP) is 3.36. The molecule has 0 radical (unpaired) electrons. The summed E-state index contributed by atoms with van der Waals surface area (Å²) in [4.78, 5) is 14.6. The van der Waals surface area contributed by atoms with Crippen LogP contribution in [0.4, 0.5) is 4.39 Å². The molecule has 1 fully saturated rings. The Hall–Kier alpha value is -2.40. The van der Waals surface area contributed by atoms with Crippen LogP contribution in [0.2, 0.25) is 0 Å². The lowest BCUT2D eigenvalue weighted by Gasteiger charge is -2.31. The molecule has 0 atom stereocenters. The van der Waals surface area contributed by atoms with Crippen LogP contribution in [0.15, 0.2) is 48.5 Å². The monoisotopic (exact) mass is 356 g/mol. The largest absolute Gasteiger partial charge is 0.497 e. The van der Waals surface area contributed by atoms with Gasteiger partial charge in [0.25, 0.3) is 0 Å². The predicted molar refractivity (Wildman–Crippen MR) is 99.2 cm³/mol. The van der Waals surface area contributed by atoms with Crippen molar-refractivity contribution in [2.75, 3.05) is 20.2 Å². The van der Waals surface area contributed by atoms with E-state index in [-0.39, 0.29) is 17.6 Å². The highest BCUT2D eigenvalue weighted by Gasteiger charge is 2.25. The number of likely N-dealkylation sites (tertiary alicyclic amines) is 1. The molecule has 0 aromatic heterocycles. The van der Waals surface area contributed by atoms with E-state index in [0.717, 1.165) is 42.8 Å². The third-order valence-corrected chi connectivity index (χ3v) is 4.94. The van der Waals surface area contributed by atoms with Gasteiger partial charge in [-0.1, -0.05) is 30.3 Å². The lowest BCUT2D eigenvalue weighted by molar-refractivity contribution is -0.126. The molecule has 1 N–H and O–H groups in total. The topological polar surface area (TPSA) is 41.6 Å². The van der Waals surface area contributed by atoms with Gasteiger partial charge in [-0.25, -0.2) is 4.39 Å². The smallest absolute Gasteiger partial charge is 0.223 e. The molecule has 138 valence electrons. The van der Waals surface area contributed by atoms with Gasteiger partial charge in [-0.2, -0.15) is 0 Å². The fourth-order valence-electron chi connectivity index (χ4n) is 3.30. The van der Waals surface area contributed by atoms with E-state index in [0.29, 0.717) is 13.1 Å². The molecule has 0 saturated carbocycles. The van der Waals surface area contributed by atoms with Gasteiger partial charge in [0.05, 0.1) is 7.11 Å². The summed E-state index contributed by atoms with van der Waals surface area (Å²) in [6.07, 6.45) is 1.62. The molecule has 2 aromatic carbocycles. The first kappa shape index (κ1) is 18.4. The highest BCUT2D eigenvalue weighted by Crippen LogP contribution is 2.20. The fourth-order valence-corrected chi connectivity index (χ4v) is 3.30. The maximum absolute atomic E-state index is 13.8. The summed E-state index contributed by atoms with van der Waals surface area (Å²) in [6.45, 7) is 2.76. The number of methoxy groups -OCH3 is 1. The van der Waals surface area contributed by atoms with Crippen LogP contribution in [0.5, 0.6) is 5.75 Å². The highest BCUT2D eigenvalue weighted by molar-refractivity contribution is 5.78. The molecule has 0 bridgehead atoms. The van der Waals surface area contributed by atoms with Crippen LogP contribution in [0.1, 0.15) is 24.0 Å². The zero-order valence-corrected chi connectivity index (χ0v) is 15.1. The van der Waals surface area contributed by atoms with Gasteiger partial charge in [-0.05, 0) is 49.7 Å². The number of nitrogens with one attached hydrogen (secondary N) is 1. The number of carbonyl (C=O) groups excluding carboxylic acids is 1. The van der Waals surface area contributed by atoms with Crippen molar-refractivity contribution >= 4 is 5.91 Å². The Balaban J connectivity index is 1.43. The Labute approximate surface area is 154 Å². The molecule has 1 aliphatic rings. The lowest BCUT2D eigenvalue weighted by Crippen LogP contribution is -2.40. The maximum atomic E-state index is 13.8. The average Bonchev–Trinajstić information content (AvgIpc) is 2.69. The lowest BCUT2D eigenvalue weighted by atomic mass is 9.95. The molecule has 0 unspecified atom stereocenters. The van der Waals surface area contributed by atoms with Crippen LogP contribution < -0.4 is 10.1 Å². The van der Waals surface area contributed by atoms with E-state index in [2.05, 4.69) is 10.2 Å². The van der Waals surface area contributed by atoms with Gasteiger partial charge in [-0.15, -0.1) is 0 Å². The van der Waals surface area contributed by atoms with Crippen molar-refractivity contribution in [2.24, 2.45) is 5.92 Å². The zero-order valence-electron chi connectivity index (χ0n) is 15.1. The Kier molecular flexibility index (Phi) is 6.23. The van der Waals surface area contributed by atoms with Crippen molar-refractivity contribution in [2.45, 2.75) is 25.9 Å². The molecule has 1 amide bonds. The molecule has 5 heteroatoms. The maximum Gasteiger partial charge on any atom is 0.223 e. The van der Waals surface area contributed by atoms with Gasteiger partial charge in [0.1, 0.15) is 11.6 Å². The molecule has 1 heterocycles. The SMILES string of the molecule is COc1ccc(CNC(=O)C2CCN(Cc3ccccc3F)CC2)cc1. The van der Waals surface area contributed by atoms with Crippen LogP contribution in [-0.2, 0) is 17.9 Å². The van der Waals surface area contributed by atoms with Crippen molar-refractivity contribution in [1.29, 1.82) is 0 Å². The van der Waals surface area contributed by atoms with Crippen LogP contribution in [0, 0.1) is 11.7 Å². The molecular formula is C21H25FN2O2. The Morgan fingerprint density at radius 1 is 1.15 bits per heavy atom. The Morgan fingerprint density at radius 2 is 1.85 bits per heavy atom. The molecular weight excluding hydrogens is 331 g/mol. The van der Waals surface area contributed by atoms with E-state index in [1.54, 1.807) is 13.2 Å². The van der Waals surface area contributed by atoms with Gasteiger partial charge < -0.3 is 10.1 Å². The molecule has 0 aliphatic carbocycles. The number of hydrogen-bond acceptors (Lipinski definition) is 3. The van der Waals surface area contributed by atoms with E-state index in [1.807, 2.05) is 36.4 Å². The number of halogens is 1. The Bertz CT molecular complexity index is 725. The standard InChI is InChI=1S/C21H25FN2O2/c1-26-19-8-6-16(7-9-19)14-23-21(25)17-10-12-24(13-11-17)15-18-4-2-3-5-20(18)22/h2-9,17H,10-15H2,1H3,(H,23,25). The number of ether oxygens (including phenoxy) is 1. The summed E-state index contributed by atoms with van der Waals surface area (Å²) in [7, 11) is 1.63. The summed E-state index contributed by atoms with van der Waals surface area (Å²) in [5.41, 5.74) is 1.77. The minimum Gasteiger partial charge on any atom is -0.497 e. The first-order valence-electron chi connectivity index (χ1n) is 9.02. The number of hydrogen-bond donors (Lipinski definition) is 1. The van der Waals surface area contributed by atoms with Crippen molar-refractivity contribution in [3.8, 4) is 5.75 Å². The number of carbonyl (C=O) groups is 1. The summed E-state index contributed by atoms with van der Waals surface area (Å²) < 4.78 is 18.9. The normalized spacial score (nSPS) is 15.6. The summed E-state index contributed by atoms with van der Waals surface area (Å²) in [6, 6.07) is 14.6. The summed E-state index contributed by atoms with van der Waals surface area (Å²) in [5.74, 6) is 0.783. The van der Waals surface area contributed by atoms with Crippen molar-refractivity contribution in [1.82, 2.24) is 10.2 Å². The zero-order chi connectivity index (χ0) is 18.4. The van der Waals surface area contributed by atoms with Crippen LogP contribution >= 0.6 is 0 Å². The molecule has 26 heavy (non-hydrogen) atoms. The number of piperidine rings is 1. The van der Waals surface area contributed by atoms with Gasteiger partial charge in [-0.3, -0.25) is 9.69 Å². The third-order valence-electron chi connectivity index (χ3n) is 4.94. The molecule has 3 rings (SSSR count). The minimum atomic E-state index is -0.160. The van der Waals surface area contributed by atoms with Crippen LogP contribution in [0.3, 0.4) is 0 Å². The molecule has 1 saturated heterocycles. The number of nitrogens with zero attached hydrogens (tertiary/aromatic N) is 1. The highest BCUT2D eigenvalue weighted by atomic mass is 19.1. The number of rotatable bonds is 6. The first-order chi connectivity index (χ1) is 12.7. The van der Waals surface area contributed by atoms with Gasteiger partial charge in [0.15, 0.2) is 0 Å². The molecule has 0 spiro atoms. The van der Waals surface area contributed by atoms with Crippen LogP contribution in [-0.4, -0.2) is 31.0 Å². The average molecular weight is 356 g/mol. The molecule has 1 aliphatic heterocycles. The van der Waals surface area contributed by atoms with Gasteiger partial charge in [0.2, 0.25) is 5.91 Å². The summed E-state index contributed by atoms with van der Waals surface area (Å²) in [5, 5.41) is 3.02. The number of amides is 1. The van der Waals surface area contributed by atoms with Gasteiger partial charge >= 0.3 is 0 Å². The second-order valence-corrected chi connectivity index (χ2v) is 6.71. The van der Waals surface area contributed by atoms with E-state index in [1.165, 1.54) is 6.07 Å². The quantitative estimate of drug-likeness (QED) is 0.863. The minimum absolute atomic E-state index is 0.0325. The molecule has 4 nitrogen and oxygen atoms in total. The fraction of sp³-hybridized carbons (Fsp3) is 0.381. The van der Waals surface area contributed by atoms with Crippen LogP contribution in [0.25, 0.3) is 0 Å². The number of benzene rings is 2. The van der Waals surface area contributed by atoms with E-state index in [4.69, 9.17) is 4.74 Å². The Morgan fingerprint density at radius 3 is 2.50 bits per heavy atom. The van der Waals surface area contributed by atoms with Gasteiger partial charge in [0, 0.05) is 24.6 Å². The van der Waals surface area contributed by atoms with E-state index in [9.17, 15) is 9.18 Å². The van der Waals surface area contributed by atoms with E-state index < -0.39 is 0 Å². The van der Waals surface area contributed by atoms with E-state index >= 15 is 0 Å². The molecule has 2 aromatic rings. The second-order valence-electron chi connectivity index (χ2n) is 6.71. The summed E-state index contributed by atoms with van der Waals surface area (Å²) >= 11 is 0. The van der Waals surface area contributed by atoms with Crippen molar-refractivity contribution in [3.63, 3.8) is 0 Å².